The zero-order valence-electron chi connectivity index (χ0n) is 33.5. The maximum Gasteiger partial charge on any atom is 0.0544 e. The molecule has 0 aliphatic heterocycles. The van der Waals surface area contributed by atoms with Gasteiger partial charge in [-0.3, -0.25) is 0 Å². The molecule has 2 nitrogen and oxygen atoms in total. The standard InChI is InChI=1S/C52H38N2.C4H8/c1-51(36-18-8-4-9-19-36)42-31-33-46-48(40-23-13-15-25-45(40)54(46)38-28-26-35(27-29-38)34-16-6-3-7-17-34)50(42)52(2,37-20-10-5-11-21-37)41-30-32-44-47(49(41)51)39-22-12-14-24-43(39)53-44;1-3-4-2/h3-33,53H,1-2H3;3-4H,1-2H3/b;4-3-. The summed E-state index contributed by atoms with van der Waals surface area (Å²) in [5.41, 5.74) is 15.5. The Morgan fingerprint density at radius 2 is 0.914 bits per heavy atom. The molecule has 1 N–H and O–H groups in total. The lowest BCUT2D eigenvalue weighted by atomic mass is 9.54. The molecule has 1 aliphatic rings. The van der Waals surface area contributed by atoms with Crippen LogP contribution in [0.4, 0.5) is 0 Å². The number of aromatic amines is 1. The van der Waals surface area contributed by atoms with Crippen LogP contribution < -0.4 is 0 Å². The molecule has 11 rings (SSSR count). The quantitative estimate of drug-likeness (QED) is 0.173. The average Bonchev–Trinajstić information content (AvgIpc) is 3.85. The molecule has 2 unspecified atom stereocenters. The second-order valence-corrected chi connectivity index (χ2v) is 15.9. The third kappa shape index (κ3) is 5.18. The molecule has 2 aromatic heterocycles. The average molecular weight is 747 g/mol. The number of hydrogen-bond donors (Lipinski definition) is 1. The lowest BCUT2D eigenvalue weighted by Crippen LogP contribution is -2.41. The molecule has 58 heavy (non-hydrogen) atoms. The van der Waals surface area contributed by atoms with Crippen molar-refractivity contribution in [2.75, 3.05) is 0 Å². The van der Waals surface area contributed by atoms with Crippen molar-refractivity contribution in [3.05, 3.63) is 234 Å². The summed E-state index contributed by atoms with van der Waals surface area (Å²) in [5.74, 6) is 0. The van der Waals surface area contributed by atoms with E-state index >= 15 is 0 Å². The Bertz CT molecular complexity index is 3130. The largest absolute Gasteiger partial charge is 0.355 e. The van der Waals surface area contributed by atoms with Crippen molar-refractivity contribution in [3.8, 4) is 16.8 Å². The Morgan fingerprint density at radius 1 is 0.414 bits per heavy atom. The highest BCUT2D eigenvalue weighted by Crippen LogP contribution is 2.59. The highest BCUT2D eigenvalue weighted by molar-refractivity contribution is 6.14. The number of nitrogens with zero attached hydrogens (tertiary/aromatic N) is 1. The minimum Gasteiger partial charge on any atom is -0.355 e. The minimum absolute atomic E-state index is 0.459. The van der Waals surface area contributed by atoms with E-state index in [-0.39, 0.29) is 0 Å². The first-order valence-electron chi connectivity index (χ1n) is 20.4. The van der Waals surface area contributed by atoms with E-state index in [1.807, 2.05) is 26.0 Å². The Balaban J connectivity index is 0.000000978. The molecular formula is C56H46N2. The summed E-state index contributed by atoms with van der Waals surface area (Å²) in [4.78, 5) is 3.79. The molecule has 0 saturated heterocycles. The molecule has 10 aromatic rings. The Kier molecular flexibility index (Phi) is 8.53. The zero-order valence-corrected chi connectivity index (χ0v) is 33.5. The van der Waals surface area contributed by atoms with Crippen molar-refractivity contribution in [3.63, 3.8) is 0 Å². The van der Waals surface area contributed by atoms with Gasteiger partial charge in [-0.25, -0.2) is 0 Å². The molecule has 0 fully saturated rings. The first-order chi connectivity index (χ1) is 28.5. The number of H-pyrrole nitrogens is 1. The number of para-hydroxylation sites is 2. The first kappa shape index (κ1) is 35.5. The molecule has 2 heterocycles. The van der Waals surface area contributed by atoms with Gasteiger partial charge in [-0.15, -0.1) is 0 Å². The Morgan fingerprint density at radius 3 is 1.53 bits per heavy atom. The fourth-order valence-corrected chi connectivity index (χ4v) is 10.00. The van der Waals surface area contributed by atoms with Gasteiger partial charge < -0.3 is 9.55 Å². The summed E-state index contributed by atoms with van der Waals surface area (Å²) >= 11 is 0. The summed E-state index contributed by atoms with van der Waals surface area (Å²) in [6.45, 7) is 8.95. The topological polar surface area (TPSA) is 20.7 Å². The molecule has 1 aliphatic carbocycles. The highest BCUT2D eigenvalue weighted by Gasteiger charge is 2.50. The molecule has 280 valence electrons. The summed E-state index contributed by atoms with van der Waals surface area (Å²) in [7, 11) is 0. The molecule has 0 saturated carbocycles. The van der Waals surface area contributed by atoms with Gasteiger partial charge in [0.05, 0.1) is 11.0 Å². The van der Waals surface area contributed by atoms with Crippen molar-refractivity contribution in [1.29, 1.82) is 0 Å². The monoisotopic (exact) mass is 746 g/mol. The third-order valence-corrected chi connectivity index (χ3v) is 12.9. The van der Waals surface area contributed by atoms with Crippen LogP contribution in [-0.4, -0.2) is 9.55 Å². The molecule has 8 aromatic carbocycles. The van der Waals surface area contributed by atoms with Crippen LogP contribution in [0.2, 0.25) is 0 Å². The highest BCUT2D eigenvalue weighted by atomic mass is 15.0. The van der Waals surface area contributed by atoms with Crippen molar-refractivity contribution >= 4 is 43.6 Å². The second kappa shape index (κ2) is 13.9. The number of hydrogen-bond acceptors (Lipinski definition) is 0. The Hall–Kier alpha value is -6.90. The second-order valence-electron chi connectivity index (χ2n) is 15.9. The van der Waals surface area contributed by atoms with Crippen molar-refractivity contribution in [2.45, 2.75) is 38.5 Å². The maximum absolute atomic E-state index is 3.79. The number of fused-ring (bicyclic) bond motifs is 10. The number of benzene rings is 8. The maximum atomic E-state index is 3.79. The van der Waals surface area contributed by atoms with Crippen LogP contribution in [0.3, 0.4) is 0 Å². The first-order valence-corrected chi connectivity index (χ1v) is 20.4. The van der Waals surface area contributed by atoms with E-state index in [1.54, 1.807) is 0 Å². The number of aromatic nitrogens is 2. The van der Waals surface area contributed by atoms with Gasteiger partial charge in [-0.05, 0) is 109 Å². The number of nitrogens with one attached hydrogen (secondary N) is 1. The summed E-state index contributed by atoms with van der Waals surface area (Å²) in [6.07, 6.45) is 4.00. The summed E-state index contributed by atoms with van der Waals surface area (Å²) in [6, 6.07) is 69.5. The zero-order chi connectivity index (χ0) is 39.4. The fourth-order valence-electron chi connectivity index (χ4n) is 10.00. The molecule has 2 atom stereocenters. The predicted octanol–water partition coefficient (Wildman–Crippen LogP) is 14.7. The van der Waals surface area contributed by atoms with E-state index < -0.39 is 10.8 Å². The lowest BCUT2D eigenvalue weighted by molar-refractivity contribution is 0.577. The number of allylic oxidation sites excluding steroid dienone is 2. The number of rotatable bonds is 4. The van der Waals surface area contributed by atoms with Gasteiger partial charge in [0, 0.05) is 49.1 Å². The van der Waals surface area contributed by atoms with Crippen molar-refractivity contribution in [2.24, 2.45) is 0 Å². The molecular weight excluding hydrogens is 701 g/mol. The minimum atomic E-state index is -0.474. The van der Waals surface area contributed by atoms with Gasteiger partial charge in [0.2, 0.25) is 0 Å². The van der Waals surface area contributed by atoms with Crippen LogP contribution in [-0.2, 0) is 10.8 Å². The third-order valence-electron chi connectivity index (χ3n) is 12.9. The van der Waals surface area contributed by atoms with Crippen molar-refractivity contribution in [1.82, 2.24) is 9.55 Å². The Labute approximate surface area is 340 Å². The van der Waals surface area contributed by atoms with Gasteiger partial charge >= 0.3 is 0 Å². The fraction of sp³-hybridized carbons (Fsp3) is 0.107. The lowest BCUT2D eigenvalue weighted by Gasteiger charge is -2.48. The molecule has 0 bridgehead atoms. The molecule has 0 amide bonds. The SMILES string of the molecule is C/C=C\C.CC1(c2ccccc2)c2ccc3c(c2C(C)(c2ccccc2)c2ccc4[nH]c5ccccc5c4c21)c1ccccc1n3-c1ccc(-c2ccccc2)cc1. The van der Waals surface area contributed by atoms with Crippen LogP contribution in [0, 0.1) is 0 Å². The summed E-state index contributed by atoms with van der Waals surface area (Å²) < 4.78 is 2.48. The smallest absolute Gasteiger partial charge is 0.0544 e. The molecule has 2 heteroatoms. The van der Waals surface area contributed by atoms with Crippen LogP contribution in [0.5, 0.6) is 0 Å². The van der Waals surface area contributed by atoms with Crippen LogP contribution in [0.25, 0.3) is 60.4 Å². The van der Waals surface area contributed by atoms with E-state index in [2.05, 4.69) is 211 Å². The van der Waals surface area contributed by atoms with E-state index in [1.165, 1.54) is 88.1 Å². The van der Waals surface area contributed by atoms with E-state index in [0.29, 0.717) is 0 Å². The predicted molar refractivity (Wildman–Crippen MR) is 247 cm³/mol. The van der Waals surface area contributed by atoms with Crippen LogP contribution in [0.15, 0.2) is 200 Å². The van der Waals surface area contributed by atoms with Gasteiger partial charge in [0.1, 0.15) is 0 Å². The van der Waals surface area contributed by atoms with Gasteiger partial charge in [0.25, 0.3) is 0 Å². The normalized spacial score (nSPS) is 17.4. The molecule has 0 spiro atoms. The van der Waals surface area contributed by atoms with Crippen LogP contribution >= 0.6 is 0 Å². The van der Waals surface area contributed by atoms with Crippen molar-refractivity contribution < 1.29 is 0 Å². The van der Waals surface area contributed by atoms with Gasteiger partial charge in [-0.2, -0.15) is 0 Å². The van der Waals surface area contributed by atoms with E-state index in [0.717, 1.165) is 5.69 Å². The van der Waals surface area contributed by atoms with Gasteiger partial charge in [0.15, 0.2) is 0 Å². The van der Waals surface area contributed by atoms with E-state index in [4.69, 9.17) is 0 Å². The van der Waals surface area contributed by atoms with Gasteiger partial charge in [-0.1, -0.05) is 164 Å². The van der Waals surface area contributed by atoms with E-state index in [9.17, 15) is 0 Å². The summed E-state index contributed by atoms with van der Waals surface area (Å²) in [5, 5.41) is 5.16. The van der Waals surface area contributed by atoms with Crippen LogP contribution in [0.1, 0.15) is 61.1 Å². The molecule has 0 radical (unpaired) electrons.